The second-order valence-electron chi connectivity index (χ2n) is 5.02. The van der Waals surface area contributed by atoms with Gasteiger partial charge in [0.2, 0.25) is 10.0 Å². The summed E-state index contributed by atoms with van der Waals surface area (Å²) in [5.74, 6) is 0.152. The van der Waals surface area contributed by atoms with Crippen LogP contribution in [0, 0.1) is 6.92 Å². The Labute approximate surface area is 114 Å². The molecule has 1 aliphatic rings. The van der Waals surface area contributed by atoms with Crippen molar-refractivity contribution in [2.24, 2.45) is 0 Å². The molecular weight excluding hydrogens is 262 g/mol. The van der Waals surface area contributed by atoms with E-state index in [-0.39, 0.29) is 18.3 Å². The predicted molar refractivity (Wildman–Crippen MR) is 75.2 cm³/mol. The summed E-state index contributed by atoms with van der Waals surface area (Å²) < 4.78 is 26.6. The van der Waals surface area contributed by atoms with E-state index in [0.29, 0.717) is 0 Å². The van der Waals surface area contributed by atoms with Gasteiger partial charge in [-0.25, -0.2) is 13.1 Å². The van der Waals surface area contributed by atoms with Crippen molar-refractivity contribution < 1.29 is 8.42 Å². The van der Waals surface area contributed by atoms with Crippen molar-refractivity contribution >= 4 is 10.0 Å². The number of aromatic nitrogens is 1. The van der Waals surface area contributed by atoms with Crippen LogP contribution in [0.15, 0.2) is 18.3 Å². The van der Waals surface area contributed by atoms with Crippen LogP contribution >= 0.6 is 0 Å². The maximum Gasteiger partial charge on any atom is 0.213 e. The Hall–Kier alpha value is -0.980. The van der Waals surface area contributed by atoms with Gasteiger partial charge in [-0.15, -0.1) is 0 Å². The largest absolute Gasteiger partial charge is 0.313 e. The smallest absolute Gasteiger partial charge is 0.213 e. The normalized spacial score (nSPS) is 20.4. The number of hydrogen-bond donors (Lipinski definition) is 2. The van der Waals surface area contributed by atoms with Gasteiger partial charge in [-0.05, 0) is 37.9 Å². The number of sulfonamides is 1. The van der Waals surface area contributed by atoms with Crippen LogP contribution in [0.3, 0.4) is 0 Å². The molecule has 0 bridgehead atoms. The standard InChI is InChI=1S/C13H21N3O2S/c1-11-5-4-8-15-13(11)9-16-19(17,18)10-12-6-2-3-7-14-12/h4-5,8,12,14,16H,2-3,6-7,9-10H2,1H3. The van der Waals surface area contributed by atoms with Crippen molar-refractivity contribution in [2.45, 2.75) is 38.8 Å². The zero-order chi connectivity index (χ0) is 13.7. The fourth-order valence-corrected chi connectivity index (χ4v) is 3.56. The van der Waals surface area contributed by atoms with Gasteiger partial charge in [0.1, 0.15) is 0 Å². The van der Waals surface area contributed by atoms with Crippen molar-refractivity contribution in [1.82, 2.24) is 15.0 Å². The molecule has 1 atom stereocenters. The van der Waals surface area contributed by atoms with Gasteiger partial charge in [0.15, 0.2) is 0 Å². The molecule has 1 aliphatic heterocycles. The highest BCUT2D eigenvalue weighted by molar-refractivity contribution is 7.89. The third-order valence-corrected chi connectivity index (χ3v) is 4.84. The molecule has 2 rings (SSSR count). The Kier molecular flexibility index (Phi) is 4.90. The first-order valence-corrected chi connectivity index (χ1v) is 8.33. The van der Waals surface area contributed by atoms with Crippen LogP contribution in [0.4, 0.5) is 0 Å². The van der Waals surface area contributed by atoms with Gasteiger partial charge in [-0.3, -0.25) is 4.98 Å². The van der Waals surface area contributed by atoms with Gasteiger partial charge < -0.3 is 5.32 Å². The number of nitrogens with zero attached hydrogens (tertiary/aromatic N) is 1. The number of aryl methyl sites for hydroxylation is 1. The van der Waals surface area contributed by atoms with E-state index < -0.39 is 10.0 Å². The van der Waals surface area contributed by atoms with E-state index in [4.69, 9.17) is 0 Å². The second-order valence-corrected chi connectivity index (χ2v) is 6.87. The predicted octanol–water partition coefficient (Wildman–Crippen LogP) is 0.952. The molecule has 1 unspecified atom stereocenters. The molecule has 5 nitrogen and oxygen atoms in total. The Bertz CT molecular complexity index is 510. The lowest BCUT2D eigenvalue weighted by molar-refractivity contribution is 0.422. The minimum Gasteiger partial charge on any atom is -0.313 e. The molecule has 0 saturated carbocycles. The molecule has 0 radical (unpaired) electrons. The van der Waals surface area contributed by atoms with Gasteiger partial charge in [0.25, 0.3) is 0 Å². The topological polar surface area (TPSA) is 71.1 Å². The molecule has 2 heterocycles. The SMILES string of the molecule is Cc1cccnc1CNS(=O)(=O)CC1CCCCN1. The van der Waals surface area contributed by atoms with Gasteiger partial charge in [-0.2, -0.15) is 0 Å². The molecule has 6 heteroatoms. The highest BCUT2D eigenvalue weighted by Crippen LogP contribution is 2.09. The van der Waals surface area contributed by atoms with Gasteiger partial charge in [0.05, 0.1) is 18.0 Å². The van der Waals surface area contributed by atoms with E-state index in [9.17, 15) is 8.42 Å². The van der Waals surface area contributed by atoms with Gasteiger partial charge >= 0.3 is 0 Å². The van der Waals surface area contributed by atoms with Crippen molar-refractivity contribution in [3.05, 3.63) is 29.6 Å². The van der Waals surface area contributed by atoms with Crippen molar-refractivity contribution in [3.63, 3.8) is 0 Å². The first kappa shape index (κ1) is 14.4. The van der Waals surface area contributed by atoms with E-state index >= 15 is 0 Å². The van der Waals surface area contributed by atoms with Crippen LogP contribution < -0.4 is 10.0 Å². The lowest BCUT2D eigenvalue weighted by Crippen LogP contribution is -2.42. The molecule has 19 heavy (non-hydrogen) atoms. The summed E-state index contributed by atoms with van der Waals surface area (Å²) in [4.78, 5) is 4.19. The van der Waals surface area contributed by atoms with Crippen LogP contribution in [0.1, 0.15) is 30.5 Å². The number of pyridine rings is 1. The van der Waals surface area contributed by atoms with Crippen LogP contribution in [0.5, 0.6) is 0 Å². The maximum absolute atomic E-state index is 12.0. The first-order chi connectivity index (χ1) is 9.07. The summed E-state index contributed by atoms with van der Waals surface area (Å²) in [7, 11) is -3.25. The summed E-state index contributed by atoms with van der Waals surface area (Å²) in [6, 6.07) is 3.86. The quantitative estimate of drug-likeness (QED) is 0.844. The lowest BCUT2D eigenvalue weighted by Gasteiger charge is -2.23. The Morgan fingerprint density at radius 3 is 3.00 bits per heavy atom. The molecule has 1 saturated heterocycles. The van der Waals surface area contributed by atoms with E-state index in [2.05, 4.69) is 15.0 Å². The van der Waals surface area contributed by atoms with E-state index in [1.807, 2.05) is 19.1 Å². The molecular formula is C13H21N3O2S. The first-order valence-electron chi connectivity index (χ1n) is 6.68. The molecule has 0 spiro atoms. The summed E-state index contributed by atoms with van der Waals surface area (Å²) in [5, 5.41) is 3.25. The third kappa shape index (κ3) is 4.56. The van der Waals surface area contributed by atoms with Crippen molar-refractivity contribution in [1.29, 1.82) is 0 Å². The van der Waals surface area contributed by atoms with Crippen LogP contribution in [0.2, 0.25) is 0 Å². The van der Waals surface area contributed by atoms with E-state index in [1.54, 1.807) is 6.20 Å². The number of rotatable bonds is 5. The Morgan fingerprint density at radius 2 is 2.32 bits per heavy atom. The molecule has 0 amide bonds. The van der Waals surface area contributed by atoms with Crippen LogP contribution in [-0.4, -0.2) is 31.7 Å². The number of hydrogen-bond acceptors (Lipinski definition) is 4. The molecule has 106 valence electrons. The maximum atomic E-state index is 12.0. The minimum atomic E-state index is -3.25. The molecule has 0 aliphatic carbocycles. The zero-order valence-corrected chi connectivity index (χ0v) is 12.0. The van der Waals surface area contributed by atoms with Crippen LogP contribution in [-0.2, 0) is 16.6 Å². The number of piperidine rings is 1. The monoisotopic (exact) mass is 283 g/mol. The molecule has 0 aromatic carbocycles. The molecule has 1 aromatic heterocycles. The van der Waals surface area contributed by atoms with Crippen LogP contribution in [0.25, 0.3) is 0 Å². The van der Waals surface area contributed by atoms with E-state index in [0.717, 1.165) is 37.1 Å². The molecule has 1 fully saturated rings. The zero-order valence-electron chi connectivity index (χ0n) is 11.2. The summed E-state index contributed by atoms with van der Waals surface area (Å²) in [5.41, 5.74) is 1.78. The number of nitrogens with one attached hydrogen (secondary N) is 2. The second kappa shape index (κ2) is 6.45. The minimum absolute atomic E-state index is 0.0797. The molecule has 1 aromatic rings. The Balaban J connectivity index is 1.88. The third-order valence-electron chi connectivity index (χ3n) is 3.41. The van der Waals surface area contributed by atoms with Gasteiger partial charge in [-0.1, -0.05) is 12.5 Å². The highest BCUT2D eigenvalue weighted by atomic mass is 32.2. The van der Waals surface area contributed by atoms with E-state index in [1.165, 1.54) is 0 Å². The summed E-state index contributed by atoms with van der Waals surface area (Å²) in [6.07, 6.45) is 4.85. The fraction of sp³-hybridized carbons (Fsp3) is 0.615. The Morgan fingerprint density at radius 1 is 1.47 bits per heavy atom. The lowest BCUT2D eigenvalue weighted by atomic mass is 10.1. The molecule has 2 N–H and O–H groups in total. The van der Waals surface area contributed by atoms with Gasteiger partial charge in [0, 0.05) is 12.2 Å². The highest BCUT2D eigenvalue weighted by Gasteiger charge is 2.20. The fourth-order valence-electron chi connectivity index (χ4n) is 2.27. The summed E-state index contributed by atoms with van der Waals surface area (Å²) in [6.45, 7) is 3.11. The average molecular weight is 283 g/mol. The average Bonchev–Trinajstić information content (AvgIpc) is 2.38. The van der Waals surface area contributed by atoms with Crippen molar-refractivity contribution in [3.8, 4) is 0 Å². The summed E-state index contributed by atoms with van der Waals surface area (Å²) >= 11 is 0. The van der Waals surface area contributed by atoms with Crippen molar-refractivity contribution in [2.75, 3.05) is 12.3 Å².